The predicted molar refractivity (Wildman–Crippen MR) is 127 cm³/mol. The van der Waals surface area contributed by atoms with E-state index in [1.165, 1.54) is 5.69 Å². The number of hydrogen-bond donors (Lipinski definition) is 2. The average Bonchev–Trinajstić information content (AvgIpc) is 3.47. The SMILES string of the molecule is C[C@@H](N)C(=O)N1CC2CC(C(=O)Nc3cc(-c4cnn5c4CC(C)(C)C5)c(Cl)cn3)C[C@@H]2C1. The molecular formula is C24H31ClN6O2. The van der Waals surface area contributed by atoms with E-state index in [4.69, 9.17) is 17.3 Å². The normalized spacial score (nSPS) is 26.2. The number of halogens is 1. The van der Waals surface area contributed by atoms with Crippen LogP contribution in [0.25, 0.3) is 11.1 Å². The second-order valence-electron chi connectivity index (χ2n) is 10.8. The van der Waals surface area contributed by atoms with E-state index in [1.807, 2.05) is 21.8 Å². The summed E-state index contributed by atoms with van der Waals surface area (Å²) < 4.78 is 2.04. The molecule has 2 unspecified atom stereocenters. The predicted octanol–water partition coefficient (Wildman–Crippen LogP) is 2.95. The molecule has 0 radical (unpaired) electrons. The van der Waals surface area contributed by atoms with Crippen LogP contribution in [0.3, 0.4) is 0 Å². The smallest absolute Gasteiger partial charge is 0.239 e. The van der Waals surface area contributed by atoms with Gasteiger partial charge >= 0.3 is 0 Å². The van der Waals surface area contributed by atoms with Crippen molar-refractivity contribution in [1.29, 1.82) is 0 Å². The highest BCUT2D eigenvalue weighted by atomic mass is 35.5. The summed E-state index contributed by atoms with van der Waals surface area (Å²) in [5, 5.41) is 8.09. The lowest BCUT2D eigenvalue weighted by Gasteiger charge is -2.20. The zero-order valence-electron chi connectivity index (χ0n) is 19.3. The number of nitrogens with two attached hydrogens (primary N) is 1. The molecule has 2 aromatic rings. The van der Waals surface area contributed by atoms with Crippen LogP contribution in [0.4, 0.5) is 5.82 Å². The van der Waals surface area contributed by atoms with Crippen LogP contribution in [-0.4, -0.2) is 50.6 Å². The van der Waals surface area contributed by atoms with Gasteiger partial charge in [-0.3, -0.25) is 14.3 Å². The Balaban J connectivity index is 1.27. The fraction of sp³-hybridized carbons (Fsp3) is 0.583. The van der Waals surface area contributed by atoms with Crippen molar-refractivity contribution >= 4 is 29.2 Å². The van der Waals surface area contributed by atoms with Crippen LogP contribution in [-0.2, 0) is 22.6 Å². The first-order valence-electron chi connectivity index (χ1n) is 11.7. The third-order valence-corrected chi connectivity index (χ3v) is 7.69. The minimum atomic E-state index is -0.476. The first kappa shape index (κ1) is 22.3. The monoisotopic (exact) mass is 470 g/mol. The molecule has 176 valence electrons. The van der Waals surface area contributed by atoms with Crippen molar-refractivity contribution in [2.45, 2.75) is 52.6 Å². The van der Waals surface area contributed by atoms with E-state index in [2.05, 4.69) is 29.2 Å². The van der Waals surface area contributed by atoms with E-state index in [-0.39, 0.29) is 23.1 Å². The molecule has 3 aliphatic rings. The zero-order chi connectivity index (χ0) is 23.5. The number of carbonyl (C=O) groups excluding carboxylic acids is 2. The highest BCUT2D eigenvalue weighted by Gasteiger charge is 2.44. The zero-order valence-corrected chi connectivity index (χ0v) is 20.1. The van der Waals surface area contributed by atoms with Gasteiger partial charge in [-0.15, -0.1) is 0 Å². The maximum absolute atomic E-state index is 13.0. The van der Waals surface area contributed by atoms with Gasteiger partial charge in [0.05, 0.1) is 17.3 Å². The topological polar surface area (TPSA) is 106 Å². The van der Waals surface area contributed by atoms with E-state index in [9.17, 15) is 9.59 Å². The van der Waals surface area contributed by atoms with Crippen molar-refractivity contribution < 1.29 is 9.59 Å². The molecule has 0 spiro atoms. The van der Waals surface area contributed by atoms with Crippen LogP contribution in [0, 0.1) is 23.2 Å². The number of fused-ring (bicyclic) bond motifs is 2. The Bertz CT molecular complexity index is 1100. The number of amides is 2. The molecule has 5 rings (SSSR count). The molecule has 2 amide bonds. The molecule has 0 bridgehead atoms. The van der Waals surface area contributed by atoms with Gasteiger partial charge in [0.25, 0.3) is 0 Å². The quantitative estimate of drug-likeness (QED) is 0.714. The molecule has 33 heavy (non-hydrogen) atoms. The molecule has 3 N–H and O–H groups in total. The third kappa shape index (κ3) is 4.15. The number of anilines is 1. The van der Waals surface area contributed by atoms with Gasteiger partial charge in [0.2, 0.25) is 11.8 Å². The van der Waals surface area contributed by atoms with Crippen molar-refractivity contribution in [2.24, 2.45) is 28.9 Å². The Kier molecular flexibility index (Phi) is 5.48. The molecular weight excluding hydrogens is 440 g/mol. The van der Waals surface area contributed by atoms with Gasteiger partial charge in [-0.05, 0) is 49.5 Å². The standard InChI is InChI=1S/C24H31ClN6O2/c1-13(26)23(33)30-10-15-4-14(5-16(15)11-30)22(32)29-21-6-17(19(25)9-27-21)18-8-28-31-12-24(2,3)7-20(18)31/h6,8-9,13-16H,4-5,7,10-12,26H2,1-3H3,(H,27,29,32)/t13-,14?,15-,16?/m1/s1. The van der Waals surface area contributed by atoms with Crippen molar-refractivity contribution in [3.8, 4) is 11.1 Å². The lowest BCUT2D eigenvalue weighted by molar-refractivity contribution is -0.131. The summed E-state index contributed by atoms with van der Waals surface area (Å²) in [4.78, 5) is 31.4. The summed E-state index contributed by atoms with van der Waals surface area (Å²) in [7, 11) is 0. The Morgan fingerprint density at radius 2 is 1.91 bits per heavy atom. The van der Waals surface area contributed by atoms with Crippen LogP contribution in [0.1, 0.15) is 39.3 Å². The highest BCUT2D eigenvalue weighted by molar-refractivity contribution is 6.33. The van der Waals surface area contributed by atoms with Crippen LogP contribution >= 0.6 is 11.6 Å². The van der Waals surface area contributed by atoms with Crippen LogP contribution in [0.15, 0.2) is 18.5 Å². The summed E-state index contributed by atoms with van der Waals surface area (Å²) >= 11 is 6.50. The maximum atomic E-state index is 13.0. The van der Waals surface area contributed by atoms with Crippen LogP contribution in [0.5, 0.6) is 0 Å². The van der Waals surface area contributed by atoms with E-state index in [1.54, 1.807) is 13.1 Å². The van der Waals surface area contributed by atoms with E-state index < -0.39 is 6.04 Å². The fourth-order valence-corrected chi connectivity index (χ4v) is 6.00. The van der Waals surface area contributed by atoms with Crippen molar-refractivity contribution in [1.82, 2.24) is 19.7 Å². The molecule has 1 saturated carbocycles. The van der Waals surface area contributed by atoms with Gasteiger partial charge in [0.15, 0.2) is 0 Å². The Hall–Kier alpha value is -2.45. The first-order valence-corrected chi connectivity index (χ1v) is 12.0. The highest BCUT2D eigenvalue weighted by Crippen LogP contribution is 2.43. The van der Waals surface area contributed by atoms with Crippen LogP contribution in [0.2, 0.25) is 5.02 Å². The average molecular weight is 471 g/mol. The molecule has 9 heteroatoms. The summed E-state index contributed by atoms with van der Waals surface area (Å²) in [5.41, 5.74) is 8.92. The minimum Gasteiger partial charge on any atom is -0.341 e. The van der Waals surface area contributed by atoms with Gasteiger partial charge in [0, 0.05) is 48.6 Å². The van der Waals surface area contributed by atoms with E-state index in [0.717, 1.165) is 36.9 Å². The number of likely N-dealkylation sites (tertiary alicyclic amines) is 1. The molecule has 1 saturated heterocycles. The van der Waals surface area contributed by atoms with Gasteiger partial charge < -0.3 is 16.0 Å². The summed E-state index contributed by atoms with van der Waals surface area (Å²) in [5.74, 6) is 1.12. The number of rotatable bonds is 4. The molecule has 2 fully saturated rings. The Labute approximate surface area is 198 Å². The number of carbonyl (C=O) groups is 2. The molecule has 1 aliphatic carbocycles. The lowest BCUT2D eigenvalue weighted by Crippen LogP contribution is -2.41. The molecule has 0 aromatic carbocycles. The summed E-state index contributed by atoms with van der Waals surface area (Å²) in [6, 6.07) is 1.37. The number of nitrogens with zero attached hydrogens (tertiary/aromatic N) is 4. The lowest BCUT2D eigenvalue weighted by atomic mass is 9.89. The van der Waals surface area contributed by atoms with Crippen molar-refractivity contribution in [3.63, 3.8) is 0 Å². The van der Waals surface area contributed by atoms with Gasteiger partial charge in [-0.25, -0.2) is 4.98 Å². The Morgan fingerprint density at radius 3 is 2.58 bits per heavy atom. The van der Waals surface area contributed by atoms with Gasteiger partial charge in [0.1, 0.15) is 5.82 Å². The molecule has 4 heterocycles. The maximum Gasteiger partial charge on any atom is 0.239 e. The van der Waals surface area contributed by atoms with Crippen LogP contribution < -0.4 is 11.1 Å². The molecule has 4 atom stereocenters. The number of pyridine rings is 1. The van der Waals surface area contributed by atoms with E-state index >= 15 is 0 Å². The first-order chi connectivity index (χ1) is 15.6. The summed E-state index contributed by atoms with van der Waals surface area (Å²) in [6.45, 7) is 8.45. The third-order valence-electron chi connectivity index (χ3n) is 7.39. The Morgan fingerprint density at radius 1 is 1.21 bits per heavy atom. The van der Waals surface area contributed by atoms with Crippen molar-refractivity contribution in [2.75, 3.05) is 18.4 Å². The molecule has 2 aliphatic heterocycles. The number of hydrogen-bond acceptors (Lipinski definition) is 5. The molecule has 2 aromatic heterocycles. The molecule has 8 nitrogen and oxygen atoms in total. The van der Waals surface area contributed by atoms with Crippen molar-refractivity contribution in [3.05, 3.63) is 29.2 Å². The minimum absolute atomic E-state index is 0.00154. The number of nitrogens with one attached hydrogen (secondary N) is 1. The summed E-state index contributed by atoms with van der Waals surface area (Å²) in [6.07, 6.45) is 5.94. The van der Waals surface area contributed by atoms with E-state index in [0.29, 0.717) is 35.8 Å². The largest absolute Gasteiger partial charge is 0.341 e. The van der Waals surface area contributed by atoms with Gasteiger partial charge in [-0.1, -0.05) is 25.4 Å². The fourth-order valence-electron chi connectivity index (χ4n) is 5.80. The van der Waals surface area contributed by atoms with Gasteiger partial charge in [-0.2, -0.15) is 5.10 Å². The number of aromatic nitrogens is 3. The second-order valence-corrected chi connectivity index (χ2v) is 11.2. The second kappa shape index (κ2) is 8.09.